The van der Waals surface area contributed by atoms with E-state index < -0.39 is 12.1 Å². The van der Waals surface area contributed by atoms with Crippen molar-refractivity contribution in [2.75, 3.05) is 32.0 Å². The Morgan fingerprint density at radius 2 is 1.92 bits per heavy atom. The van der Waals surface area contributed by atoms with Crippen LogP contribution in [0.3, 0.4) is 0 Å². The molecule has 3 amide bonds. The minimum Gasteiger partial charge on any atom is -0.342 e. The molecule has 2 heterocycles. The summed E-state index contributed by atoms with van der Waals surface area (Å²) in [6.45, 7) is 11.3. The van der Waals surface area contributed by atoms with E-state index in [1.54, 1.807) is 19.1 Å². The lowest BCUT2D eigenvalue weighted by molar-refractivity contribution is -0.133. The van der Waals surface area contributed by atoms with E-state index in [4.69, 9.17) is 0 Å². The summed E-state index contributed by atoms with van der Waals surface area (Å²) in [5.41, 5.74) is 1.50. The molecule has 0 aliphatic carbocycles. The number of likely N-dealkylation sites (N-methyl/N-ethyl adjacent to an activating group) is 1. The van der Waals surface area contributed by atoms with Gasteiger partial charge in [0.1, 0.15) is 5.82 Å². The van der Waals surface area contributed by atoms with Crippen molar-refractivity contribution in [3.8, 4) is 0 Å². The number of hydrogen-bond acceptors (Lipinski definition) is 6. The number of amides is 3. The van der Waals surface area contributed by atoms with Gasteiger partial charge in [0.2, 0.25) is 5.91 Å². The molecule has 0 saturated carbocycles. The number of aromatic nitrogens is 1. The van der Waals surface area contributed by atoms with Crippen LogP contribution in [0.15, 0.2) is 24.3 Å². The lowest BCUT2D eigenvalue weighted by Gasteiger charge is -2.37. The average Bonchev–Trinajstić information content (AvgIpc) is 3.20. The number of rotatable bonds is 9. The molecule has 2 atom stereocenters. The number of thiazole rings is 1. The van der Waals surface area contributed by atoms with Gasteiger partial charge in [0.05, 0.1) is 16.6 Å². The summed E-state index contributed by atoms with van der Waals surface area (Å²) in [5, 5.41) is 6.03. The zero-order chi connectivity index (χ0) is 28.0. The first-order chi connectivity index (χ1) is 17.8. The van der Waals surface area contributed by atoms with Gasteiger partial charge in [-0.15, -0.1) is 0 Å². The van der Waals surface area contributed by atoms with Gasteiger partial charge in [0.25, 0.3) is 0 Å². The van der Waals surface area contributed by atoms with Crippen molar-refractivity contribution in [2.45, 2.75) is 71.9 Å². The summed E-state index contributed by atoms with van der Waals surface area (Å²) in [6.07, 6.45) is 2.91. The lowest BCUT2D eigenvalue weighted by Crippen LogP contribution is -2.51. The van der Waals surface area contributed by atoms with Crippen LogP contribution in [0.25, 0.3) is 0 Å². The maximum absolute atomic E-state index is 13.4. The largest absolute Gasteiger partial charge is 0.342 e. The molecule has 0 radical (unpaired) electrons. The molecule has 1 aliphatic heterocycles. The van der Waals surface area contributed by atoms with E-state index in [2.05, 4.69) is 41.3 Å². The first-order valence-corrected chi connectivity index (χ1v) is 13.9. The van der Waals surface area contributed by atoms with Gasteiger partial charge in [-0.1, -0.05) is 23.5 Å². The molecule has 1 aromatic carbocycles. The average molecular weight is 546 g/mol. The maximum Gasteiger partial charge on any atom is 0.321 e. The first-order valence-electron chi connectivity index (χ1n) is 13.1. The van der Waals surface area contributed by atoms with Crippen LogP contribution in [0, 0.1) is 18.7 Å². The number of nitrogens with one attached hydrogen (secondary N) is 2. The molecule has 0 spiro atoms. The van der Waals surface area contributed by atoms with Crippen LogP contribution < -0.4 is 10.6 Å². The first kappa shape index (κ1) is 29.7. The highest BCUT2D eigenvalue weighted by atomic mass is 32.1. The minimum absolute atomic E-state index is 0.00498. The maximum atomic E-state index is 13.4. The molecule has 3 rings (SSSR count). The number of hydrogen-bond donors (Lipinski definition) is 2. The molecule has 10 heteroatoms. The van der Waals surface area contributed by atoms with E-state index in [-0.39, 0.29) is 29.5 Å². The van der Waals surface area contributed by atoms with E-state index in [0.717, 1.165) is 36.2 Å². The molecule has 1 aliphatic rings. The lowest BCUT2D eigenvalue weighted by atomic mass is 9.91. The van der Waals surface area contributed by atoms with Gasteiger partial charge in [0, 0.05) is 38.5 Å². The number of piperidine rings is 1. The van der Waals surface area contributed by atoms with E-state index in [0.29, 0.717) is 41.3 Å². The van der Waals surface area contributed by atoms with Gasteiger partial charge in [-0.25, -0.2) is 14.2 Å². The molecule has 1 fully saturated rings. The van der Waals surface area contributed by atoms with Gasteiger partial charge in [0.15, 0.2) is 10.9 Å². The monoisotopic (exact) mass is 545 g/mol. The summed E-state index contributed by atoms with van der Waals surface area (Å²) >= 11 is 1.14. The second-order valence-corrected chi connectivity index (χ2v) is 12.2. The summed E-state index contributed by atoms with van der Waals surface area (Å²) in [7, 11) is 1.97. The Kier molecular flexibility index (Phi) is 10.0. The quantitative estimate of drug-likeness (QED) is 0.438. The zero-order valence-electron chi connectivity index (χ0n) is 23.3. The predicted molar refractivity (Wildman–Crippen MR) is 149 cm³/mol. The molecule has 1 unspecified atom stereocenters. The normalized spacial score (nSPS) is 16.8. The smallest absolute Gasteiger partial charge is 0.321 e. The van der Waals surface area contributed by atoms with Crippen LogP contribution in [-0.4, -0.2) is 70.8 Å². The number of Topliss-reactive ketones (excluding diaryl/α,β-unsaturated/α-hetero) is 1. The number of benzene rings is 1. The molecule has 38 heavy (non-hydrogen) atoms. The summed E-state index contributed by atoms with van der Waals surface area (Å²) in [4.78, 5) is 46.8. The van der Waals surface area contributed by atoms with Gasteiger partial charge in [-0.05, 0) is 77.6 Å². The molecule has 8 nitrogen and oxygen atoms in total. The van der Waals surface area contributed by atoms with E-state index in [1.165, 1.54) is 19.1 Å². The van der Waals surface area contributed by atoms with Crippen molar-refractivity contribution in [1.82, 2.24) is 20.1 Å². The van der Waals surface area contributed by atoms with Gasteiger partial charge in [-0.2, -0.15) is 0 Å². The Labute approximate surface area is 229 Å². The number of carbonyl (C=O) groups excluding carboxylic acids is 3. The van der Waals surface area contributed by atoms with Crippen LogP contribution in [0.1, 0.15) is 67.9 Å². The van der Waals surface area contributed by atoms with Crippen LogP contribution in [0.4, 0.5) is 14.3 Å². The summed E-state index contributed by atoms with van der Waals surface area (Å²) in [5.74, 6) is -0.0246. The number of ketones is 1. The Bertz CT molecular complexity index is 1130. The van der Waals surface area contributed by atoms with Crippen molar-refractivity contribution in [1.29, 1.82) is 0 Å². The van der Waals surface area contributed by atoms with E-state index >= 15 is 0 Å². The number of likely N-dealkylation sites (tertiary alicyclic amines) is 1. The highest BCUT2D eigenvalue weighted by Gasteiger charge is 2.29. The molecule has 2 aromatic rings. The van der Waals surface area contributed by atoms with Crippen molar-refractivity contribution in [3.05, 3.63) is 46.2 Å². The third-order valence-electron chi connectivity index (χ3n) is 7.04. The standard InChI is InChI=1S/C28H40FN5O3S/c1-18-25(19(2)35)38-27(30-18)32-26(37)31-23(17-33(6)28(3,4)5)15-24(36)34-13-7-8-21(16-34)14-20-9-11-22(29)12-10-20/h9-12,21,23H,7-8,13-17H2,1-6H3,(H2,30,31,32,37)/t21?,23-/m0/s1. The van der Waals surface area contributed by atoms with Crippen molar-refractivity contribution in [2.24, 2.45) is 5.92 Å². The molecule has 208 valence electrons. The number of halogens is 1. The fourth-order valence-corrected chi connectivity index (χ4v) is 5.47. The SMILES string of the molecule is CC(=O)c1sc(NC(=O)N[C@@H](CC(=O)N2CCCC(Cc3ccc(F)cc3)C2)CN(C)C(C)(C)C)nc1C. The third kappa shape index (κ3) is 8.59. The Morgan fingerprint density at radius 3 is 2.53 bits per heavy atom. The van der Waals surface area contributed by atoms with Gasteiger partial charge in [-0.3, -0.25) is 19.8 Å². The number of carbonyl (C=O) groups is 3. The van der Waals surface area contributed by atoms with E-state index in [9.17, 15) is 18.8 Å². The van der Waals surface area contributed by atoms with Crippen LogP contribution >= 0.6 is 11.3 Å². The highest BCUT2D eigenvalue weighted by Crippen LogP contribution is 2.24. The molecule has 0 bridgehead atoms. The van der Waals surface area contributed by atoms with Gasteiger partial charge >= 0.3 is 6.03 Å². The Morgan fingerprint density at radius 1 is 1.24 bits per heavy atom. The van der Waals surface area contributed by atoms with E-state index in [1.807, 2.05) is 11.9 Å². The summed E-state index contributed by atoms with van der Waals surface area (Å²) in [6, 6.07) is 5.68. The topological polar surface area (TPSA) is 94.6 Å². The number of urea groups is 1. The molecule has 2 N–H and O–H groups in total. The Balaban J connectivity index is 1.64. The van der Waals surface area contributed by atoms with Crippen LogP contribution in [0.2, 0.25) is 0 Å². The molecule has 1 aromatic heterocycles. The number of nitrogens with zero attached hydrogens (tertiary/aromatic N) is 3. The zero-order valence-corrected chi connectivity index (χ0v) is 24.1. The highest BCUT2D eigenvalue weighted by molar-refractivity contribution is 7.17. The Hall–Kier alpha value is -2.85. The predicted octanol–water partition coefficient (Wildman–Crippen LogP) is 4.89. The summed E-state index contributed by atoms with van der Waals surface area (Å²) < 4.78 is 13.3. The number of anilines is 1. The van der Waals surface area contributed by atoms with Crippen LogP contribution in [0.5, 0.6) is 0 Å². The van der Waals surface area contributed by atoms with Crippen LogP contribution in [-0.2, 0) is 11.2 Å². The third-order valence-corrected chi connectivity index (χ3v) is 8.22. The fourth-order valence-electron chi connectivity index (χ4n) is 4.61. The molecular formula is C28H40FN5O3S. The molecular weight excluding hydrogens is 505 g/mol. The minimum atomic E-state index is -0.457. The van der Waals surface area contributed by atoms with Crippen molar-refractivity contribution < 1.29 is 18.8 Å². The van der Waals surface area contributed by atoms with Crippen molar-refractivity contribution >= 4 is 34.2 Å². The number of aryl methyl sites for hydroxylation is 1. The second-order valence-electron chi connectivity index (χ2n) is 11.2. The fraction of sp³-hybridized carbons (Fsp3) is 0.571. The van der Waals surface area contributed by atoms with Gasteiger partial charge < -0.3 is 10.2 Å². The van der Waals surface area contributed by atoms with Crippen molar-refractivity contribution in [3.63, 3.8) is 0 Å². The molecule has 1 saturated heterocycles. The second kappa shape index (κ2) is 12.8.